The van der Waals surface area contributed by atoms with Crippen molar-refractivity contribution in [2.75, 3.05) is 18.0 Å². The van der Waals surface area contributed by atoms with Gasteiger partial charge < -0.3 is 10.0 Å². The first kappa shape index (κ1) is 15.6. The second-order valence-electron chi connectivity index (χ2n) is 5.75. The summed E-state index contributed by atoms with van der Waals surface area (Å²) in [6.45, 7) is 9.82. The van der Waals surface area contributed by atoms with Crippen LogP contribution in [0.3, 0.4) is 0 Å². The molecule has 2 aromatic rings. The molecule has 0 saturated carbocycles. The fourth-order valence-electron chi connectivity index (χ4n) is 2.60. The molecule has 0 aliphatic heterocycles. The van der Waals surface area contributed by atoms with E-state index in [4.69, 9.17) is 0 Å². The molecule has 0 bridgehead atoms. The number of aryl methyl sites for hydroxylation is 3. The summed E-state index contributed by atoms with van der Waals surface area (Å²) < 4.78 is 0. The largest absolute Gasteiger partial charge is 0.387 e. The van der Waals surface area contributed by atoms with Gasteiger partial charge in [0.1, 0.15) is 0 Å². The molecule has 0 saturated heterocycles. The Kier molecular flexibility index (Phi) is 5.03. The van der Waals surface area contributed by atoms with Crippen LogP contribution >= 0.6 is 0 Å². The summed E-state index contributed by atoms with van der Waals surface area (Å²) in [6, 6.07) is 14.7. The molecule has 2 heteroatoms. The molecule has 1 atom stereocenters. The van der Waals surface area contributed by atoms with Crippen LogP contribution in [0, 0.1) is 20.8 Å². The van der Waals surface area contributed by atoms with Crippen molar-refractivity contribution in [2.45, 2.75) is 33.8 Å². The Labute approximate surface area is 128 Å². The molecular weight excluding hydrogens is 258 g/mol. The summed E-state index contributed by atoms with van der Waals surface area (Å²) in [5, 5.41) is 10.6. The van der Waals surface area contributed by atoms with Crippen LogP contribution in [-0.2, 0) is 0 Å². The minimum atomic E-state index is -0.467. The maximum absolute atomic E-state index is 10.6. The normalized spacial score (nSPS) is 12.2. The number of aliphatic hydroxyl groups excluding tert-OH is 1. The van der Waals surface area contributed by atoms with Crippen LogP contribution < -0.4 is 4.90 Å². The summed E-state index contributed by atoms with van der Waals surface area (Å²) in [5.74, 6) is 0. The van der Waals surface area contributed by atoms with Gasteiger partial charge in [-0.05, 0) is 51.0 Å². The monoisotopic (exact) mass is 283 g/mol. The van der Waals surface area contributed by atoms with E-state index in [2.05, 4.69) is 75.1 Å². The zero-order valence-corrected chi connectivity index (χ0v) is 13.4. The fourth-order valence-corrected chi connectivity index (χ4v) is 2.60. The van der Waals surface area contributed by atoms with Gasteiger partial charge in [-0.25, -0.2) is 0 Å². The average Bonchev–Trinajstić information content (AvgIpc) is 2.48. The average molecular weight is 283 g/mol. The molecule has 112 valence electrons. The predicted molar refractivity (Wildman–Crippen MR) is 89.9 cm³/mol. The molecule has 1 unspecified atom stereocenters. The van der Waals surface area contributed by atoms with Gasteiger partial charge in [-0.1, -0.05) is 41.5 Å². The van der Waals surface area contributed by atoms with Crippen molar-refractivity contribution in [2.24, 2.45) is 0 Å². The maximum Gasteiger partial charge on any atom is 0.0967 e. The summed E-state index contributed by atoms with van der Waals surface area (Å²) >= 11 is 0. The highest BCUT2D eigenvalue weighted by Gasteiger charge is 2.15. The summed E-state index contributed by atoms with van der Waals surface area (Å²) in [7, 11) is 0. The van der Waals surface area contributed by atoms with Crippen molar-refractivity contribution in [1.29, 1.82) is 0 Å². The Morgan fingerprint density at radius 1 is 0.952 bits per heavy atom. The minimum absolute atomic E-state index is 0.467. The van der Waals surface area contributed by atoms with Crippen molar-refractivity contribution in [1.82, 2.24) is 0 Å². The highest BCUT2D eigenvalue weighted by molar-refractivity contribution is 5.48. The maximum atomic E-state index is 10.6. The Morgan fingerprint density at radius 2 is 1.57 bits per heavy atom. The van der Waals surface area contributed by atoms with Gasteiger partial charge in [0.2, 0.25) is 0 Å². The first-order chi connectivity index (χ1) is 10.0. The quantitative estimate of drug-likeness (QED) is 0.890. The lowest BCUT2D eigenvalue weighted by atomic mass is 10.0. The zero-order chi connectivity index (χ0) is 15.4. The SMILES string of the molecule is CCN(CC(O)c1cc(C)ccc1C)c1ccc(C)cc1. The number of benzene rings is 2. The van der Waals surface area contributed by atoms with Crippen molar-refractivity contribution in [3.05, 3.63) is 64.7 Å². The van der Waals surface area contributed by atoms with Crippen molar-refractivity contribution in [3.8, 4) is 0 Å². The molecular formula is C19H25NO. The first-order valence-electron chi connectivity index (χ1n) is 7.58. The minimum Gasteiger partial charge on any atom is -0.387 e. The predicted octanol–water partition coefficient (Wildman–Crippen LogP) is 4.17. The topological polar surface area (TPSA) is 23.5 Å². The van der Waals surface area contributed by atoms with Crippen LogP contribution in [0.4, 0.5) is 5.69 Å². The molecule has 0 fully saturated rings. The highest BCUT2D eigenvalue weighted by atomic mass is 16.3. The third-order valence-corrected chi connectivity index (χ3v) is 3.97. The lowest BCUT2D eigenvalue weighted by Gasteiger charge is -2.27. The van der Waals surface area contributed by atoms with Gasteiger partial charge in [-0.15, -0.1) is 0 Å². The van der Waals surface area contributed by atoms with E-state index in [-0.39, 0.29) is 0 Å². The molecule has 2 aromatic carbocycles. The van der Waals surface area contributed by atoms with Gasteiger partial charge in [0.05, 0.1) is 6.10 Å². The second kappa shape index (κ2) is 6.77. The lowest BCUT2D eigenvalue weighted by Crippen LogP contribution is -2.28. The number of likely N-dealkylation sites (N-methyl/N-ethyl adjacent to an activating group) is 1. The molecule has 0 heterocycles. The molecule has 0 amide bonds. The van der Waals surface area contributed by atoms with E-state index in [9.17, 15) is 5.11 Å². The van der Waals surface area contributed by atoms with E-state index in [1.54, 1.807) is 0 Å². The smallest absolute Gasteiger partial charge is 0.0967 e. The van der Waals surface area contributed by atoms with E-state index >= 15 is 0 Å². The Bertz CT molecular complexity index is 589. The van der Waals surface area contributed by atoms with Gasteiger partial charge in [0, 0.05) is 18.8 Å². The number of nitrogens with zero attached hydrogens (tertiary/aromatic N) is 1. The van der Waals surface area contributed by atoms with E-state index in [1.807, 2.05) is 0 Å². The van der Waals surface area contributed by atoms with E-state index in [0.717, 1.165) is 23.4 Å². The van der Waals surface area contributed by atoms with Crippen LogP contribution in [0.5, 0.6) is 0 Å². The Morgan fingerprint density at radius 3 is 2.19 bits per heavy atom. The van der Waals surface area contributed by atoms with Crippen LogP contribution in [0.25, 0.3) is 0 Å². The molecule has 0 aromatic heterocycles. The molecule has 1 N–H and O–H groups in total. The highest BCUT2D eigenvalue weighted by Crippen LogP contribution is 2.23. The standard InChI is InChI=1S/C19H25NO/c1-5-20(17-10-7-14(2)8-11-17)13-19(21)18-12-15(3)6-9-16(18)4/h6-12,19,21H,5,13H2,1-4H3. The second-order valence-corrected chi connectivity index (χ2v) is 5.75. The zero-order valence-electron chi connectivity index (χ0n) is 13.4. The van der Waals surface area contributed by atoms with Crippen molar-refractivity contribution in [3.63, 3.8) is 0 Å². The Balaban J connectivity index is 2.17. The number of aliphatic hydroxyl groups is 1. The number of anilines is 1. The molecule has 0 spiro atoms. The van der Waals surface area contributed by atoms with Crippen LogP contribution in [0.1, 0.15) is 35.3 Å². The molecule has 2 nitrogen and oxygen atoms in total. The van der Waals surface area contributed by atoms with Gasteiger partial charge in [0.15, 0.2) is 0 Å². The number of hydrogen-bond acceptors (Lipinski definition) is 2. The molecule has 0 aliphatic rings. The van der Waals surface area contributed by atoms with Crippen molar-refractivity contribution >= 4 is 5.69 Å². The van der Waals surface area contributed by atoms with Gasteiger partial charge in [-0.3, -0.25) is 0 Å². The third kappa shape index (κ3) is 3.85. The summed E-state index contributed by atoms with van der Waals surface area (Å²) in [4.78, 5) is 2.21. The molecule has 0 aliphatic carbocycles. The lowest BCUT2D eigenvalue weighted by molar-refractivity contribution is 0.183. The van der Waals surface area contributed by atoms with E-state index < -0.39 is 6.10 Å². The van der Waals surface area contributed by atoms with Gasteiger partial charge in [0.25, 0.3) is 0 Å². The van der Waals surface area contributed by atoms with Crippen molar-refractivity contribution < 1.29 is 5.11 Å². The molecule has 2 rings (SSSR count). The number of rotatable bonds is 5. The summed E-state index contributed by atoms with van der Waals surface area (Å²) in [6.07, 6.45) is -0.467. The summed E-state index contributed by atoms with van der Waals surface area (Å²) in [5.41, 5.74) is 5.78. The van der Waals surface area contributed by atoms with E-state index in [1.165, 1.54) is 11.1 Å². The molecule has 21 heavy (non-hydrogen) atoms. The van der Waals surface area contributed by atoms with Gasteiger partial charge in [-0.2, -0.15) is 0 Å². The van der Waals surface area contributed by atoms with Crippen LogP contribution in [0.15, 0.2) is 42.5 Å². The first-order valence-corrected chi connectivity index (χ1v) is 7.58. The third-order valence-electron chi connectivity index (χ3n) is 3.97. The van der Waals surface area contributed by atoms with E-state index in [0.29, 0.717) is 6.54 Å². The molecule has 0 radical (unpaired) electrons. The Hall–Kier alpha value is -1.80. The number of hydrogen-bond donors (Lipinski definition) is 1. The van der Waals surface area contributed by atoms with Crippen LogP contribution in [0.2, 0.25) is 0 Å². The van der Waals surface area contributed by atoms with Gasteiger partial charge >= 0.3 is 0 Å². The fraction of sp³-hybridized carbons (Fsp3) is 0.368. The van der Waals surface area contributed by atoms with Crippen LogP contribution in [-0.4, -0.2) is 18.2 Å².